The smallest absolute Gasteiger partial charge is 0.162 e. The third-order valence-electron chi connectivity index (χ3n) is 3.49. The number of halogens is 2. The zero-order valence-electron chi connectivity index (χ0n) is 12.7. The Labute approximate surface area is 129 Å². The minimum absolute atomic E-state index is 0.0277. The van der Waals surface area contributed by atoms with Crippen LogP contribution in [0.3, 0.4) is 0 Å². The van der Waals surface area contributed by atoms with Crippen molar-refractivity contribution in [2.75, 3.05) is 6.54 Å². The van der Waals surface area contributed by atoms with Crippen LogP contribution < -0.4 is 5.32 Å². The van der Waals surface area contributed by atoms with Crippen LogP contribution in [0.15, 0.2) is 24.3 Å². The van der Waals surface area contributed by atoms with Crippen molar-refractivity contribution < 1.29 is 8.78 Å². The Morgan fingerprint density at radius 1 is 1.24 bits per heavy atom. The number of hydrogen-bond donors (Lipinski definition) is 1. The summed E-state index contributed by atoms with van der Waals surface area (Å²) in [5, 5.41) is 3.46. The molecule has 1 unspecified atom stereocenters. The molecule has 1 nitrogen and oxygen atoms in total. The Kier molecular flexibility index (Phi) is 5.48. The van der Waals surface area contributed by atoms with Gasteiger partial charge in [0.1, 0.15) is 0 Å². The van der Waals surface area contributed by atoms with E-state index in [1.165, 1.54) is 15.3 Å². The summed E-state index contributed by atoms with van der Waals surface area (Å²) in [7, 11) is 0. The van der Waals surface area contributed by atoms with Gasteiger partial charge in [-0.25, -0.2) is 8.78 Å². The summed E-state index contributed by atoms with van der Waals surface area (Å²) in [4.78, 5) is 2.45. The Bertz CT molecular complexity index is 607. The fourth-order valence-corrected chi connectivity index (χ4v) is 3.62. The molecule has 1 N–H and O–H groups in total. The van der Waals surface area contributed by atoms with E-state index in [1.807, 2.05) is 0 Å². The lowest BCUT2D eigenvalue weighted by Gasteiger charge is -2.19. The molecule has 2 aromatic rings. The van der Waals surface area contributed by atoms with Crippen LogP contribution in [0.2, 0.25) is 0 Å². The van der Waals surface area contributed by atoms with Gasteiger partial charge in [0.2, 0.25) is 0 Å². The molecule has 0 saturated heterocycles. The molecular formula is C17H21F2NS. The van der Waals surface area contributed by atoms with E-state index in [9.17, 15) is 8.78 Å². The molecule has 21 heavy (non-hydrogen) atoms. The largest absolute Gasteiger partial charge is 0.309 e. The zero-order chi connectivity index (χ0) is 15.4. The maximum Gasteiger partial charge on any atom is 0.162 e. The van der Waals surface area contributed by atoms with E-state index in [2.05, 4.69) is 32.2 Å². The quantitative estimate of drug-likeness (QED) is 0.798. The molecule has 114 valence electrons. The maximum absolute atomic E-state index is 13.9. The second-order valence-corrected chi connectivity index (χ2v) is 6.62. The molecule has 1 aromatic carbocycles. The molecule has 1 heterocycles. The number of thiophene rings is 1. The Morgan fingerprint density at radius 2 is 2.00 bits per heavy atom. The molecule has 0 aliphatic heterocycles. The van der Waals surface area contributed by atoms with Crippen LogP contribution in [0, 0.1) is 25.5 Å². The normalized spacial score (nSPS) is 12.6. The maximum atomic E-state index is 13.9. The first-order valence-corrected chi connectivity index (χ1v) is 8.07. The minimum atomic E-state index is -0.777. The molecule has 1 atom stereocenters. The highest BCUT2D eigenvalue weighted by molar-refractivity contribution is 7.12. The van der Waals surface area contributed by atoms with Gasteiger partial charge in [0, 0.05) is 15.8 Å². The topological polar surface area (TPSA) is 12.0 Å². The van der Waals surface area contributed by atoms with Gasteiger partial charge < -0.3 is 5.32 Å². The van der Waals surface area contributed by atoms with Gasteiger partial charge in [-0.3, -0.25) is 0 Å². The molecule has 0 radical (unpaired) electrons. The molecule has 0 spiro atoms. The summed E-state index contributed by atoms with van der Waals surface area (Å²) < 4.78 is 27.3. The van der Waals surface area contributed by atoms with E-state index in [1.54, 1.807) is 23.5 Å². The second kappa shape index (κ2) is 7.14. The molecule has 4 heteroatoms. The Hall–Kier alpha value is -1.26. The van der Waals surface area contributed by atoms with E-state index in [0.29, 0.717) is 12.0 Å². The minimum Gasteiger partial charge on any atom is -0.309 e. The molecule has 0 fully saturated rings. The van der Waals surface area contributed by atoms with Crippen LogP contribution in [0.1, 0.15) is 40.3 Å². The highest BCUT2D eigenvalue weighted by atomic mass is 32.1. The summed E-state index contributed by atoms with van der Waals surface area (Å²) in [5.74, 6) is -1.51. The van der Waals surface area contributed by atoms with Gasteiger partial charge >= 0.3 is 0 Å². The first kappa shape index (κ1) is 16.1. The van der Waals surface area contributed by atoms with E-state index >= 15 is 0 Å². The molecular weight excluding hydrogens is 288 g/mol. The average molecular weight is 309 g/mol. The first-order valence-electron chi connectivity index (χ1n) is 7.26. The van der Waals surface area contributed by atoms with Crippen LogP contribution in [-0.4, -0.2) is 6.54 Å². The molecule has 0 bridgehead atoms. The molecule has 0 aliphatic rings. The lowest BCUT2D eigenvalue weighted by molar-refractivity contribution is 0.479. The Balaban J connectivity index is 2.28. The highest BCUT2D eigenvalue weighted by Crippen LogP contribution is 2.30. The van der Waals surface area contributed by atoms with Gasteiger partial charge in [0.05, 0.1) is 0 Å². The monoisotopic (exact) mass is 309 g/mol. The lowest BCUT2D eigenvalue weighted by Crippen LogP contribution is -2.24. The van der Waals surface area contributed by atoms with Gasteiger partial charge in [0.25, 0.3) is 0 Å². The summed E-state index contributed by atoms with van der Waals surface area (Å²) >= 11 is 1.72. The third-order valence-corrected chi connectivity index (χ3v) is 4.76. The first-order chi connectivity index (χ1) is 10.0. The van der Waals surface area contributed by atoms with Crippen LogP contribution in [0.25, 0.3) is 0 Å². The summed E-state index contributed by atoms with van der Waals surface area (Å²) in [6.07, 6.45) is 1.47. The van der Waals surface area contributed by atoms with Crippen molar-refractivity contribution in [1.29, 1.82) is 0 Å². The van der Waals surface area contributed by atoms with Gasteiger partial charge in [-0.05, 0) is 56.5 Å². The number of rotatable bonds is 6. The van der Waals surface area contributed by atoms with Crippen molar-refractivity contribution in [3.05, 3.63) is 56.8 Å². The molecule has 2 rings (SSSR count). The number of aryl methyl sites for hydroxylation is 2. The van der Waals surface area contributed by atoms with Crippen LogP contribution in [-0.2, 0) is 6.42 Å². The average Bonchev–Trinajstić information content (AvgIpc) is 2.78. The number of nitrogens with one attached hydrogen (secondary N) is 1. The van der Waals surface area contributed by atoms with Crippen molar-refractivity contribution in [2.24, 2.45) is 0 Å². The molecule has 0 aliphatic carbocycles. The van der Waals surface area contributed by atoms with Crippen LogP contribution in [0.5, 0.6) is 0 Å². The van der Waals surface area contributed by atoms with E-state index in [4.69, 9.17) is 0 Å². The Morgan fingerprint density at radius 3 is 2.62 bits per heavy atom. The highest BCUT2D eigenvalue weighted by Gasteiger charge is 2.19. The van der Waals surface area contributed by atoms with Crippen molar-refractivity contribution in [1.82, 2.24) is 5.32 Å². The summed E-state index contributed by atoms with van der Waals surface area (Å²) in [6.45, 7) is 7.10. The fraction of sp³-hybridized carbons (Fsp3) is 0.412. The van der Waals surface area contributed by atoms with Crippen molar-refractivity contribution in [3.63, 3.8) is 0 Å². The van der Waals surface area contributed by atoms with Gasteiger partial charge in [-0.1, -0.05) is 19.1 Å². The number of hydrogen-bond acceptors (Lipinski definition) is 2. The predicted molar refractivity (Wildman–Crippen MR) is 84.9 cm³/mol. The molecule has 0 saturated carbocycles. The summed E-state index contributed by atoms with van der Waals surface area (Å²) in [5.41, 5.74) is 1.64. The lowest BCUT2D eigenvalue weighted by atomic mass is 10.0. The van der Waals surface area contributed by atoms with Gasteiger partial charge in [-0.2, -0.15) is 0 Å². The zero-order valence-corrected chi connectivity index (χ0v) is 13.5. The third kappa shape index (κ3) is 3.89. The van der Waals surface area contributed by atoms with Crippen LogP contribution >= 0.6 is 11.3 Å². The second-order valence-electron chi connectivity index (χ2n) is 5.33. The van der Waals surface area contributed by atoms with Crippen molar-refractivity contribution in [2.45, 2.75) is 39.7 Å². The predicted octanol–water partition coefficient (Wildman–Crippen LogP) is 4.93. The summed E-state index contributed by atoms with van der Waals surface area (Å²) in [6, 6.07) is 6.56. The van der Waals surface area contributed by atoms with Crippen molar-refractivity contribution >= 4 is 11.3 Å². The van der Waals surface area contributed by atoms with Crippen LogP contribution in [0.4, 0.5) is 8.78 Å². The number of benzene rings is 1. The fourth-order valence-electron chi connectivity index (χ4n) is 2.51. The van der Waals surface area contributed by atoms with Gasteiger partial charge in [-0.15, -0.1) is 11.3 Å². The van der Waals surface area contributed by atoms with E-state index < -0.39 is 11.6 Å². The standard InChI is InChI=1S/C17H21F2NS/c1-4-8-20-15(17-11(2)9-12(3)21-17)10-13-6-5-7-14(18)16(13)19/h5-7,9,15,20H,4,8,10H2,1-3H3. The van der Waals surface area contributed by atoms with Crippen molar-refractivity contribution in [3.8, 4) is 0 Å². The molecule has 1 aromatic heterocycles. The van der Waals surface area contributed by atoms with Gasteiger partial charge in [0.15, 0.2) is 11.6 Å². The van der Waals surface area contributed by atoms with E-state index in [-0.39, 0.29) is 6.04 Å². The molecule has 0 amide bonds. The van der Waals surface area contributed by atoms with E-state index in [0.717, 1.165) is 19.0 Å². The SMILES string of the molecule is CCCNC(Cc1cccc(F)c1F)c1sc(C)cc1C.